The van der Waals surface area contributed by atoms with Gasteiger partial charge in [-0.1, -0.05) is 6.08 Å². The predicted octanol–water partition coefficient (Wildman–Crippen LogP) is 1.81. The molecule has 1 amide bonds. The fourth-order valence-corrected chi connectivity index (χ4v) is 2.25. The van der Waals surface area contributed by atoms with Crippen LogP contribution in [-0.4, -0.2) is 34.9 Å². The molecule has 0 aromatic heterocycles. The molecule has 1 saturated carbocycles. The van der Waals surface area contributed by atoms with Crippen molar-refractivity contribution in [2.45, 2.75) is 24.8 Å². The molecule has 1 aliphatic carbocycles. The highest BCUT2D eigenvalue weighted by Crippen LogP contribution is 2.36. The second kappa shape index (κ2) is 5.22. The van der Waals surface area contributed by atoms with E-state index in [4.69, 9.17) is 5.26 Å². The highest BCUT2D eigenvalue weighted by atomic mass is 32.2. The smallest absolute Gasteiger partial charge is 0.233 e. The zero-order valence-corrected chi connectivity index (χ0v) is 9.85. The minimum Gasteiger partial charge on any atom is -0.326 e. The highest BCUT2D eigenvalue weighted by molar-refractivity contribution is 8.00. The zero-order valence-electron chi connectivity index (χ0n) is 9.03. The van der Waals surface area contributed by atoms with E-state index in [0.717, 1.165) is 25.0 Å². The Morgan fingerprint density at radius 3 is 2.80 bits per heavy atom. The molecule has 0 aromatic rings. The van der Waals surface area contributed by atoms with Crippen LogP contribution in [0.5, 0.6) is 0 Å². The number of nitriles is 1. The monoisotopic (exact) mass is 224 g/mol. The van der Waals surface area contributed by atoms with Crippen LogP contribution in [-0.2, 0) is 4.79 Å². The van der Waals surface area contributed by atoms with Crippen LogP contribution in [0.25, 0.3) is 0 Å². The first-order valence-corrected chi connectivity index (χ1v) is 6.18. The maximum absolute atomic E-state index is 11.7. The molecule has 0 radical (unpaired) electrons. The second-order valence-electron chi connectivity index (χ2n) is 3.75. The molecule has 1 aliphatic rings. The number of thioether (sulfide) groups is 1. The first-order valence-electron chi connectivity index (χ1n) is 5.03. The third kappa shape index (κ3) is 2.54. The van der Waals surface area contributed by atoms with Gasteiger partial charge in [0.2, 0.25) is 5.91 Å². The molecule has 1 fully saturated rings. The van der Waals surface area contributed by atoms with Crippen LogP contribution < -0.4 is 0 Å². The SMILES string of the molecule is C=CCSCC(=O)N(C)C1(C#N)CCC1. The number of nitrogens with zero attached hydrogens (tertiary/aromatic N) is 2. The molecule has 0 atom stereocenters. The van der Waals surface area contributed by atoms with Gasteiger partial charge in [0.05, 0.1) is 11.8 Å². The maximum atomic E-state index is 11.7. The van der Waals surface area contributed by atoms with Gasteiger partial charge >= 0.3 is 0 Å². The van der Waals surface area contributed by atoms with E-state index in [1.807, 2.05) is 0 Å². The summed E-state index contributed by atoms with van der Waals surface area (Å²) < 4.78 is 0. The minimum atomic E-state index is -0.508. The van der Waals surface area contributed by atoms with Crippen LogP contribution >= 0.6 is 11.8 Å². The van der Waals surface area contributed by atoms with E-state index in [-0.39, 0.29) is 5.91 Å². The Balaban J connectivity index is 2.45. The third-order valence-corrected chi connectivity index (χ3v) is 3.79. The number of rotatable bonds is 5. The quantitative estimate of drug-likeness (QED) is 0.528. The number of hydrogen-bond donors (Lipinski definition) is 0. The van der Waals surface area contributed by atoms with E-state index in [1.54, 1.807) is 18.0 Å². The van der Waals surface area contributed by atoms with E-state index in [0.29, 0.717) is 5.75 Å². The molecule has 0 bridgehead atoms. The molecule has 0 heterocycles. The van der Waals surface area contributed by atoms with Crippen LogP contribution in [0.2, 0.25) is 0 Å². The van der Waals surface area contributed by atoms with Gasteiger partial charge in [0.1, 0.15) is 5.54 Å². The van der Waals surface area contributed by atoms with Gasteiger partial charge in [-0.25, -0.2) is 0 Å². The summed E-state index contributed by atoms with van der Waals surface area (Å²) in [5, 5.41) is 9.06. The summed E-state index contributed by atoms with van der Waals surface area (Å²) in [6, 6.07) is 2.26. The Labute approximate surface area is 95.1 Å². The summed E-state index contributed by atoms with van der Waals surface area (Å²) in [4.78, 5) is 13.4. The summed E-state index contributed by atoms with van der Waals surface area (Å²) in [7, 11) is 1.74. The van der Waals surface area contributed by atoms with E-state index in [1.165, 1.54) is 11.8 Å². The molecule has 1 rings (SSSR count). The summed E-state index contributed by atoms with van der Waals surface area (Å²) in [5.74, 6) is 1.26. The summed E-state index contributed by atoms with van der Waals surface area (Å²) in [5.41, 5.74) is -0.508. The van der Waals surface area contributed by atoms with Crippen molar-refractivity contribution in [1.29, 1.82) is 5.26 Å². The Hall–Kier alpha value is -0.950. The molecular formula is C11H16N2OS. The average Bonchev–Trinajstić information content (AvgIpc) is 2.17. The number of hydrogen-bond acceptors (Lipinski definition) is 3. The van der Waals surface area contributed by atoms with E-state index < -0.39 is 5.54 Å². The van der Waals surface area contributed by atoms with Crippen LogP contribution in [0.1, 0.15) is 19.3 Å². The Bertz CT molecular complexity index is 291. The lowest BCUT2D eigenvalue weighted by atomic mass is 9.77. The average molecular weight is 224 g/mol. The van der Waals surface area contributed by atoms with E-state index >= 15 is 0 Å². The molecule has 0 saturated heterocycles. The van der Waals surface area contributed by atoms with Gasteiger partial charge in [0, 0.05) is 12.8 Å². The van der Waals surface area contributed by atoms with Crippen molar-refractivity contribution < 1.29 is 4.79 Å². The lowest BCUT2D eigenvalue weighted by Crippen LogP contribution is -2.53. The van der Waals surface area contributed by atoms with Gasteiger partial charge in [-0.2, -0.15) is 5.26 Å². The fourth-order valence-electron chi connectivity index (χ4n) is 1.60. The normalized spacial score (nSPS) is 17.3. The standard InChI is InChI=1S/C11H16N2OS/c1-3-7-15-8-10(14)13(2)11(9-12)5-4-6-11/h3H,1,4-8H2,2H3. The van der Waals surface area contributed by atoms with Crippen molar-refractivity contribution in [3.63, 3.8) is 0 Å². The van der Waals surface area contributed by atoms with E-state index in [2.05, 4.69) is 12.6 Å². The van der Waals surface area contributed by atoms with Crippen molar-refractivity contribution >= 4 is 17.7 Å². The van der Waals surface area contributed by atoms with Crippen molar-refractivity contribution in [2.75, 3.05) is 18.6 Å². The van der Waals surface area contributed by atoms with Gasteiger partial charge < -0.3 is 4.90 Å². The molecule has 15 heavy (non-hydrogen) atoms. The van der Waals surface area contributed by atoms with Crippen molar-refractivity contribution in [3.05, 3.63) is 12.7 Å². The minimum absolute atomic E-state index is 0.0445. The molecule has 3 nitrogen and oxygen atoms in total. The zero-order chi connectivity index (χ0) is 11.3. The Kier molecular flexibility index (Phi) is 4.22. The van der Waals surface area contributed by atoms with Gasteiger partial charge in [-0.15, -0.1) is 18.3 Å². The molecule has 4 heteroatoms. The van der Waals surface area contributed by atoms with Crippen LogP contribution in [0.4, 0.5) is 0 Å². The van der Waals surface area contributed by atoms with Gasteiger partial charge in [-0.3, -0.25) is 4.79 Å². The predicted molar refractivity (Wildman–Crippen MR) is 62.5 cm³/mol. The fraction of sp³-hybridized carbons (Fsp3) is 0.636. The van der Waals surface area contributed by atoms with Crippen molar-refractivity contribution in [1.82, 2.24) is 4.90 Å². The summed E-state index contributed by atoms with van der Waals surface area (Å²) in [6.07, 6.45) is 4.46. The molecule has 0 spiro atoms. The van der Waals surface area contributed by atoms with Crippen molar-refractivity contribution in [3.8, 4) is 6.07 Å². The van der Waals surface area contributed by atoms with Gasteiger partial charge in [0.25, 0.3) is 0 Å². The van der Waals surface area contributed by atoms with Gasteiger partial charge in [-0.05, 0) is 19.3 Å². The molecule has 0 N–H and O–H groups in total. The highest BCUT2D eigenvalue weighted by Gasteiger charge is 2.43. The number of carbonyl (C=O) groups excluding carboxylic acids is 1. The Morgan fingerprint density at radius 1 is 1.73 bits per heavy atom. The second-order valence-corrected chi connectivity index (χ2v) is 4.78. The first kappa shape index (κ1) is 12.1. The van der Waals surface area contributed by atoms with Crippen molar-refractivity contribution in [2.24, 2.45) is 0 Å². The number of amides is 1. The lowest BCUT2D eigenvalue weighted by Gasteiger charge is -2.42. The number of carbonyl (C=O) groups is 1. The molecule has 0 unspecified atom stereocenters. The molecule has 82 valence electrons. The van der Waals surface area contributed by atoms with Crippen LogP contribution in [0.15, 0.2) is 12.7 Å². The Morgan fingerprint density at radius 2 is 2.40 bits per heavy atom. The van der Waals surface area contributed by atoms with Gasteiger partial charge in [0.15, 0.2) is 0 Å². The largest absolute Gasteiger partial charge is 0.326 e. The first-order chi connectivity index (χ1) is 7.16. The molecule has 0 aliphatic heterocycles. The van der Waals surface area contributed by atoms with Crippen LogP contribution in [0, 0.1) is 11.3 Å². The van der Waals surface area contributed by atoms with E-state index in [9.17, 15) is 4.79 Å². The molecular weight excluding hydrogens is 208 g/mol. The lowest BCUT2D eigenvalue weighted by molar-refractivity contribution is -0.133. The topological polar surface area (TPSA) is 44.1 Å². The summed E-state index contributed by atoms with van der Waals surface area (Å²) in [6.45, 7) is 3.60. The molecule has 0 aromatic carbocycles. The summed E-state index contributed by atoms with van der Waals surface area (Å²) >= 11 is 1.53. The van der Waals surface area contributed by atoms with Crippen LogP contribution in [0.3, 0.4) is 0 Å². The maximum Gasteiger partial charge on any atom is 0.233 e. The third-order valence-electron chi connectivity index (χ3n) is 2.87.